The zero-order valence-electron chi connectivity index (χ0n) is 7.82. The molecular weight excluding hydrogens is 188 g/mol. The average Bonchev–Trinajstić information content (AvgIpc) is 2.13. The van der Waals surface area contributed by atoms with Gasteiger partial charge in [0.05, 0.1) is 6.54 Å². The fourth-order valence-electron chi connectivity index (χ4n) is 0.679. The fraction of sp³-hybridized carbons (Fsp3) is 0.375. The fourth-order valence-corrected chi connectivity index (χ4v) is 0.679. The van der Waals surface area contributed by atoms with E-state index in [1.54, 1.807) is 0 Å². The van der Waals surface area contributed by atoms with Crippen LogP contribution >= 0.6 is 0 Å². The van der Waals surface area contributed by atoms with Crippen LogP contribution in [0.3, 0.4) is 0 Å². The second-order valence-electron chi connectivity index (χ2n) is 2.57. The zero-order valence-corrected chi connectivity index (χ0v) is 7.82. The van der Waals surface area contributed by atoms with Crippen LogP contribution in [0.5, 0.6) is 0 Å². The molecule has 0 aliphatic heterocycles. The van der Waals surface area contributed by atoms with E-state index in [1.807, 2.05) is 0 Å². The lowest BCUT2D eigenvalue weighted by Gasteiger charge is -2.13. The molecule has 2 amide bonds. The van der Waals surface area contributed by atoms with E-state index in [4.69, 9.17) is 5.11 Å². The standard InChI is InChI=1S/C8H12N2O4/c1-3-7(12)10(2)5-6(11)9-4-8(13)14/h3H,1,4-5H2,2H3,(H,9,11)(H,13,14). The first-order valence-corrected chi connectivity index (χ1v) is 3.83. The molecule has 0 unspecified atom stereocenters. The number of likely N-dealkylation sites (N-methyl/N-ethyl adjacent to an activating group) is 1. The van der Waals surface area contributed by atoms with Crippen LogP contribution in [0.25, 0.3) is 0 Å². The summed E-state index contributed by atoms with van der Waals surface area (Å²) in [6.45, 7) is 2.61. The van der Waals surface area contributed by atoms with E-state index in [2.05, 4.69) is 11.9 Å². The Bertz CT molecular complexity index is 262. The van der Waals surface area contributed by atoms with Gasteiger partial charge in [-0.15, -0.1) is 0 Å². The summed E-state index contributed by atoms with van der Waals surface area (Å²) in [4.78, 5) is 33.1. The molecule has 0 aromatic carbocycles. The second-order valence-corrected chi connectivity index (χ2v) is 2.57. The third-order valence-electron chi connectivity index (χ3n) is 1.37. The Morgan fingerprint density at radius 1 is 1.50 bits per heavy atom. The Balaban J connectivity index is 3.88. The van der Waals surface area contributed by atoms with Crippen molar-refractivity contribution in [2.75, 3.05) is 20.1 Å². The van der Waals surface area contributed by atoms with Gasteiger partial charge in [-0.25, -0.2) is 0 Å². The van der Waals surface area contributed by atoms with Crippen molar-refractivity contribution in [1.29, 1.82) is 0 Å². The van der Waals surface area contributed by atoms with Crippen LogP contribution in [0.2, 0.25) is 0 Å². The van der Waals surface area contributed by atoms with E-state index in [-0.39, 0.29) is 6.54 Å². The Morgan fingerprint density at radius 3 is 2.50 bits per heavy atom. The Morgan fingerprint density at radius 2 is 2.07 bits per heavy atom. The minimum atomic E-state index is -1.13. The first-order valence-electron chi connectivity index (χ1n) is 3.83. The number of nitrogens with one attached hydrogen (secondary N) is 1. The van der Waals surface area contributed by atoms with Gasteiger partial charge in [-0.1, -0.05) is 6.58 Å². The summed E-state index contributed by atoms with van der Waals surface area (Å²) < 4.78 is 0. The third kappa shape index (κ3) is 4.91. The van der Waals surface area contributed by atoms with Gasteiger partial charge in [0, 0.05) is 7.05 Å². The van der Waals surface area contributed by atoms with E-state index in [9.17, 15) is 14.4 Å². The van der Waals surface area contributed by atoms with Gasteiger partial charge in [-0.05, 0) is 6.08 Å². The van der Waals surface area contributed by atoms with Crippen molar-refractivity contribution in [3.63, 3.8) is 0 Å². The number of carboxylic acids is 1. The number of carbonyl (C=O) groups is 3. The zero-order chi connectivity index (χ0) is 11.1. The molecule has 0 spiro atoms. The van der Waals surface area contributed by atoms with Crippen LogP contribution in [-0.2, 0) is 14.4 Å². The second kappa shape index (κ2) is 5.74. The predicted octanol–water partition coefficient (Wildman–Crippen LogP) is -1.17. The number of carbonyl (C=O) groups excluding carboxylic acids is 2. The molecule has 0 bridgehead atoms. The molecule has 0 aliphatic rings. The van der Waals surface area contributed by atoms with E-state index in [1.165, 1.54) is 7.05 Å². The molecule has 0 saturated heterocycles. The molecule has 0 atom stereocenters. The highest BCUT2D eigenvalue weighted by Crippen LogP contribution is 1.84. The van der Waals surface area contributed by atoms with Crippen LogP contribution in [0.15, 0.2) is 12.7 Å². The number of carboxylic acid groups (broad SMARTS) is 1. The molecule has 0 rings (SSSR count). The number of aliphatic carboxylic acids is 1. The van der Waals surface area contributed by atoms with Crippen LogP contribution in [0, 0.1) is 0 Å². The van der Waals surface area contributed by atoms with Crippen molar-refractivity contribution in [3.05, 3.63) is 12.7 Å². The highest BCUT2D eigenvalue weighted by Gasteiger charge is 2.10. The molecule has 14 heavy (non-hydrogen) atoms. The van der Waals surface area contributed by atoms with Gasteiger partial charge in [-0.2, -0.15) is 0 Å². The van der Waals surface area contributed by atoms with Gasteiger partial charge in [0.15, 0.2) is 0 Å². The molecular formula is C8H12N2O4. The van der Waals surface area contributed by atoms with E-state index >= 15 is 0 Å². The summed E-state index contributed by atoms with van der Waals surface area (Å²) in [5.74, 6) is -2.04. The molecule has 6 nitrogen and oxygen atoms in total. The van der Waals surface area contributed by atoms with Crippen molar-refractivity contribution < 1.29 is 19.5 Å². The molecule has 0 aliphatic carbocycles. The highest BCUT2D eigenvalue weighted by molar-refractivity contribution is 5.91. The first kappa shape index (κ1) is 12.2. The predicted molar refractivity (Wildman–Crippen MR) is 48.5 cm³/mol. The summed E-state index contributed by atoms with van der Waals surface area (Å²) in [5.41, 5.74) is 0. The van der Waals surface area contributed by atoms with Gasteiger partial charge in [0.1, 0.15) is 6.54 Å². The quantitative estimate of drug-likeness (QED) is 0.547. The largest absolute Gasteiger partial charge is 0.480 e. The molecule has 0 aromatic rings. The molecule has 0 fully saturated rings. The maximum absolute atomic E-state index is 11.0. The van der Waals surface area contributed by atoms with Crippen molar-refractivity contribution in [2.45, 2.75) is 0 Å². The van der Waals surface area contributed by atoms with Crippen molar-refractivity contribution in [1.82, 2.24) is 10.2 Å². The molecule has 6 heteroatoms. The summed E-state index contributed by atoms with van der Waals surface area (Å²) in [5, 5.41) is 10.4. The van der Waals surface area contributed by atoms with Crippen molar-refractivity contribution in [3.8, 4) is 0 Å². The average molecular weight is 200 g/mol. The minimum absolute atomic E-state index is 0.182. The Hall–Kier alpha value is -1.85. The van der Waals surface area contributed by atoms with E-state index in [0.29, 0.717) is 0 Å². The van der Waals surface area contributed by atoms with Gasteiger partial charge < -0.3 is 15.3 Å². The maximum atomic E-state index is 11.0. The van der Waals surface area contributed by atoms with Crippen molar-refractivity contribution in [2.24, 2.45) is 0 Å². The number of hydrogen-bond donors (Lipinski definition) is 2. The summed E-state index contributed by atoms with van der Waals surface area (Å²) in [6.07, 6.45) is 1.07. The maximum Gasteiger partial charge on any atom is 0.322 e. The van der Waals surface area contributed by atoms with Gasteiger partial charge >= 0.3 is 5.97 Å². The molecule has 78 valence electrons. The third-order valence-corrected chi connectivity index (χ3v) is 1.37. The minimum Gasteiger partial charge on any atom is -0.480 e. The topological polar surface area (TPSA) is 86.7 Å². The van der Waals surface area contributed by atoms with Crippen LogP contribution in [0.4, 0.5) is 0 Å². The van der Waals surface area contributed by atoms with E-state index < -0.39 is 24.3 Å². The molecule has 2 N–H and O–H groups in total. The van der Waals surface area contributed by atoms with Crippen LogP contribution < -0.4 is 5.32 Å². The SMILES string of the molecule is C=CC(=O)N(C)CC(=O)NCC(=O)O. The Labute approximate surface area is 81.2 Å². The molecule has 0 aromatic heterocycles. The van der Waals surface area contributed by atoms with Gasteiger partial charge in [0.2, 0.25) is 11.8 Å². The smallest absolute Gasteiger partial charge is 0.322 e. The van der Waals surface area contributed by atoms with Gasteiger partial charge in [-0.3, -0.25) is 14.4 Å². The summed E-state index contributed by atoms with van der Waals surface area (Å²) in [7, 11) is 1.42. The Kier molecular flexibility index (Phi) is 4.98. The van der Waals surface area contributed by atoms with Crippen LogP contribution in [-0.4, -0.2) is 47.9 Å². The summed E-state index contributed by atoms with van der Waals surface area (Å²) >= 11 is 0. The number of rotatable bonds is 5. The first-order chi connectivity index (χ1) is 6.47. The molecule has 0 radical (unpaired) electrons. The monoisotopic (exact) mass is 200 g/mol. The number of amides is 2. The molecule has 0 heterocycles. The highest BCUT2D eigenvalue weighted by atomic mass is 16.4. The normalized spacial score (nSPS) is 8.93. The number of nitrogens with zero attached hydrogens (tertiary/aromatic N) is 1. The van der Waals surface area contributed by atoms with E-state index in [0.717, 1.165) is 11.0 Å². The lowest BCUT2D eigenvalue weighted by molar-refractivity contribution is -0.138. The lowest BCUT2D eigenvalue weighted by atomic mass is 10.4. The summed E-state index contributed by atoms with van der Waals surface area (Å²) in [6, 6.07) is 0. The van der Waals surface area contributed by atoms with Crippen molar-refractivity contribution >= 4 is 17.8 Å². The molecule has 0 saturated carbocycles. The van der Waals surface area contributed by atoms with Gasteiger partial charge in [0.25, 0.3) is 0 Å². The van der Waals surface area contributed by atoms with Crippen LogP contribution in [0.1, 0.15) is 0 Å². The lowest BCUT2D eigenvalue weighted by Crippen LogP contribution is -2.39. The number of hydrogen-bond acceptors (Lipinski definition) is 3.